The van der Waals surface area contributed by atoms with Crippen molar-refractivity contribution in [2.75, 3.05) is 19.6 Å². The number of nitrogens with one attached hydrogen (secondary N) is 2. The molecule has 0 aromatic rings. The van der Waals surface area contributed by atoms with Crippen molar-refractivity contribution in [1.82, 2.24) is 10.6 Å². The van der Waals surface area contributed by atoms with E-state index < -0.39 is 18.6 Å². The van der Waals surface area contributed by atoms with Crippen LogP contribution in [0.1, 0.15) is 6.42 Å². The summed E-state index contributed by atoms with van der Waals surface area (Å²) in [5.41, 5.74) is 0. The van der Waals surface area contributed by atoms with Gasteiger partial charge in [0.15, 0.2) is 0 Å². The Balaban J connectivity index is 2.25. The lowest BCUT2D eigenvalue weighted by Gasteiger charge is -2.11. The molecule has 1 heterocycles. The van der Waals surface area contributed by atoms with Crippen LogP contribution in [-0.4, -0.2) is 31.7 Å². The maximum absolute atomic E-state index is 11.7. The van der Waals surface area contributed by atoms with Gasteiger partial charge >= 0.3 is 6.18 Å². The lowest BCUT2D eigenvalue weighted by molar-refractivity contribution is -0.140. The van der Waals surface area contributed by atoms with E-state index in [-0.39, 0.29) is 5.92 Å². The van der Waals surface area contributed by atoms with Gasteiger partial charge in [0.25, 0.3) is 0 Å². The molecule has 1 aliphatic heterocycles. The van der Waals surface area contributed by atoms with Crippen LogP contribution >= 0.6 is 0 Å². The molecule has 0 unspecified atom stereocenters. The third kappa shape index (κ3) is 3.63. The van der Waals surface area contributed by atoms with Crippen LogP contribution in [0.15, 0.2) is 0 Å². The molecule has 3 nitrogen and oxygen atoms in total. The highest BCUT2D eigenvalue weighted by molar-refractivity contribution is 5.79. The summed E-state index contributed by atoms with van der Waals surface area (Å²) < 4.78 is 35.0. The monoisotopic (exact) mass is 196 g/mol. The molecule has 0 aromatic heterocycles. The molecule has 0 aromatic carbocycles. The van der Waals surface area contributed by atoms with Crippen molar-refractivity contribution in [2.24, 2.45) is 5.92 Å². The lowest BCUT2D eigenvalue weighted by atomic mass is 10.1. The summed E-state index contributed by atoms with van der Waals surface area (Å²) in [4.78, 5) is 11.0. The number of rotatable bonds is 2. The SMILES string of the molecule is O=C(NCC(F)(F)F)[C@@H]1CCNC1. The van der Waals surface area contributed by atoms with Crippen molar-refractivity contribution in [3.8, 4) is 0 Å². The fourth-order valence-corrected chi connectivity index (χ4v) is 1.21. The van der Waals surface area contributed by atoms with Crippen molar-refractivity contribution >= 4 is 5.91 Å². The van der Waals surface area contributed by atoms with E-state index in [4.69, 9.17) is 0 Å². The predicted octanol–water partition coefficient (Wildman–Crippen LogP) is 0.274. The van der Waals surface area contributed by atoms with Gasteiger partial charge < -0.3 is 10.6 Å². The Labute approximate surface area is 73.7 Å². The Morgan fingerprint density at radius 3 is 2.69 bits per heavy atom. The maximum atomic E-state index is 11.7. The minimum atomic E-state index is -4.32. The molecule has 0 bridgehead atoms. The molecular weight excluding hydrogens is 185 g/mol. The second-order valence-electron chi connectivity index (χ2n) is 3.02. The molecule has 2 N–H and O–H groups in total. The third-order valence-electron chi connectivity index (χ3n) is 1.89. The molecule has 0 aliphatic carbocycles. The van der Waals surface area contributed by atoms with E-state index in [0.717, 1.165) is 0 Å². The minimum absolute atomic E-state index is 0.303. The molecule has 1 saturated heterocycles. The normalized spacial score (nSPS) is 23.2. The van der Waals surface area contributed by atoms with Crippen LogP contribution < -0.4 is 10.6 Å². The van der Waals surface area contributed by atoms with Gasteiger partial charge in [0.05, 0.1) is 5.92 Å². The molecule has 1 rings (SSSR count). The molecule has 0 saturated carbocycles. The molecule has 1 fully saturated rings. The first-order valence-corrected chi connectivity index (χ1v) is 4.04. The number of carbonyl (C=O) groups excluding carboxylic acids is 1. The average molecular weight is 196 g/mol. The molecule has 13 heavy (non-hydrogen) atoms. The second-order valence-corrected chi connectivity index (χ2v) is 3.02. The van der Waals surface area contributed by atoms with Gasteiger partial charge in [0.1, 0.15) is 6.54 Å². The number of alkyl halides is 3. The Bertz CT molecular complexity index is 187. The van der Waals surface area contributed by atoms with Crippen molar-refractivity contribution in [1.29, 1.82) is 0 Å². The van der Waals surface area contributed by atoms with Crippen LogP contribution in [-0.2, 0) is 4.79 Å². The van der Waals surface area contributed by atoms with Crippen LogP contribution in [0, 0.1) is 5.92 Å². The lowest BCUT2D eigenvalue weighted by Crippen LogP contribution is -2.38. The largest absolute Gasteiger partial charge is 0.405 e. The minimum Gasteiger partial charge on any atom is -0.347 e. The molecule has 0 spiro atoms. The summed E-state index contributed by atoms with van der Waals surface area (Å²) in [5, 5.41) is 4.77. The Kier molecular flexibility index (Phi) is 3.13. The van der Waals surface area contributed by atoms with Gasteiger partial charge in [0.2, 0.25) is 5.91 Å². The third-order valence-corrected chi connectivity index (χ3v) is 1.89. The summed E-state index contributed by atoms with van der Waals surface area (Å²) in [6.45, 7) is -0.0594. The van der Waals surface area contributed by atoms with Gasteiger partial charge in [-0.15, -0.1) is 0 Å². The standard InChI is InChI=1S/C7H11F3N2O/c8-7(9,10)4-12-6(13)5-1-2-11-3-5/h5,11H,1-4H2,(H,12,13)/t5-/m1/s1. The van der Waals surface area contributed by atoms with E-state index in [2.05, 4.69) is 5.32 Å². The van der Waals surface area contributed by atoms with Gasteiger partial charge in [0, 0.05) is 6.54 Å². The molecule has 6 heteroatoms. The number of hydrogen-bond donors (Lipinski definition) is 2. The molecule has 0 radical (unpaired) electrons. The Morgan fingerprint density at radius 1 is 1.54 bits per heavy atom. The molecule has 1 amide bonds. The summed E-state index contributed by atoms with van der Waals surface area (Å²) in [5.74, 6) is -0.815. The number of amides is 1. The zero-order valence-electron chi connectivity index (χ0n) is 6.95. The predicted molar refractivity (Wildman–Crippen MR) is 40.0 cm³/mol. The summed E-state index contributed by atoms with van der Waals surface area (Å²) in [6.07, 6.45) is -3.70. The first kappa shape index (κ1) is 10.3. The number of hydrogen-bond acceptors (Lipinski definition) is 2. The van der Waals surface area contributed by atoms with Crippen LogP contribution in [0.4, 0.5) is 13.2 Å². The van der Waals surface area contributed by atoms with Crippen LogP contribution in [0.2, 0.25) is 0 Å². The van der Waals surface area contributed by atoms with Crippen LogP contribution in [0.3, 0.4) is 0 Å². The maximum Gasteiger partial charge on any atom is 0.405 e. The van der Waals surface area contributed by atoms with E-state index in [1.54, 1.807) is 0 Å². The zero-order valence-corrected chi connectivity index (χ0v) is 6.95. The Hall–Kier alpha value is -0.780. The van der Waals surface area contributed by atoms with Crippen LogP contribution in [0.25, 0.3) is 0 Å². The van der Waals surface area contributed by atoms with Gasteiger partial charge in [-0.1, -0.05) is 0 Å². The fourth-order valence-electron chi connectivity index (χ4n) is 1.21. The molecule has 1 aliphatic rings. The van der Waals surface area contributed by atoms with Crippen molar-refractivity contribution in [2.45, 2.75) is 12.6 Å². The topological polar surface area (TPSA) is 41.1 Å². The first-order chi connectivity index (χ1) is 5.99. The van der Waals surface area contributed by atoms with E-state index in [0.29, 0.717) is 19.5 Å². The van der Waals surface area contributed by atoms with Crippen LogP contribution in [0.5, 0.6) is 0 Å². The van der Waals surface area contributed by atoms with E-state index >= 15 is 0 Å². The second kappa shape index (κ2) is 3.95. The quantitative estimate of drug-likeness (QED) is 0.665. The van der Waals surface area contributed by atoms with Gasteiger partial charge in [-0.25, -0.2) is 0 Å². The van der Waals surface area contributed by atoms with Crippen molar-refractivity contribution in [3.05, 3.63) is 0 Å². The highest BCUT2D eigenvalue weighted by Crippen LogP contribution is 2.13. The Morgan fingerprint density at radius 2 is 2.23 bits per heavy atom. The highest BCUT2D eigenvalue weighted by Gasteiger charge is 2.30. The van der Waals surface area contributed by atoms with Crippen molar-refractivity contribution in [3.63, 3.8) is 0 Å². The van der Waals surface area contributed by atoms with Crippen molar-refractivity contribution < 1.29 is 18.0 Å². The number of carbonyl (C=O) groups is 1. The molecule has 1 atom stereocenters. The van der Waals surface area contributed by atoms with E-state index in [9.17, 15) is 18.0 Å². The summed E-state index contributed by atoms with van der Waals surface area (Å²) in [7, 11) is 0. The highest BCUT2D eigenvalue weighted by atomic mass is 19.4. The fraction of sp³-hybridized carbons (Fsp3) is 0.857. The first-order valence-electron chi connectivity index (χ1n) is 4.04. The summed E-state index contributed by atoms with van der Waals surface area (Å²) >= 11 is 0. The molecular formula is C7H11F3N2O. The molecule has 76 valence electrons. The van der Waals surface area contributed by atoms with E-state index in [1.807, 2.05) is 5.32 Å². The van der Waals surface area contributed by atoms with Gasteiger partial charge in [-0.3, -0.25) is 4.79 Å². The average Bonchev–Trinajstić information content (AvgIpc) is 2.50. The van der Waals surface area contributed by atoms with Gasteiger partial charge in [-0.05, 0) is 13.0 Å². The van der Waals surface area contributed by atoms with Gasteiger partial charge in [-0.2, -0.15) is 13.2 Å². The zero-order chi connectivity index (χ0) is 9.90. The summed E-state index contributed by atoms with van der Waals surface area (Å²) in [6, 6.07) is 0. The number of halogens is 3. The van der Waals surface area contributed by atoms with E-state index in [1.165, 1.54) is 0 Å². The smallest absolute Gasteiger partial charge is 0.347 e.